The molecule has 2 heterocycles. The molecule has 1 atom stereocenters. The second-order valence-electron chi connectivity index (χ2n) is 3.78. The van der Waals surface area contributed by atoms with Crippen LogP contribution in [0.3, 0.4) is 0 Å². The van der Waals surface area contributed by atoms with Gasteiger partial charge >= 0.3 is 0 Å². The topological polar surface area (TPSA) is 64.3 Å². The summed E-state index contributed by atoms with van der Waals surface area (Å²) in [6.45, 7) is 1.69. The second-order valence-corrected chi connectivity index (χ2v) is 3.78. The van der Waals surface area contributed by atoms with Gasteiger partial charge in [-0.05, 0) is 12.8 Å². The van der Waals surface area contributed by atoms with Gasteiger partial charge in [-0.25, -0.2) is 9.97 Å². The number of anilines is 2. The van der Waals surface area contributed by atoms with Crippen molar-refractivity contribution < 1.29 is 4.74 Å². The Kier molecular flexibility index (Phi) is 3.01. The van der Waals surface area contributed by atoms with Crippen LogP contribution in [-0.2, 0) is 4.74 Å². The lowest BCUT2D eigenvalue weighted by atomic mass is 10.2. The molecule has 1 aliphatic heterocycles. The number of aromatic nitrogens is 2. The van der Waals surface area contributed by atoms with E-state index in [1.165, 1.54) is 0 Å². The molecule has 1 aliphatic rings. The van der Waals surface area contributed by atoms with Gasteiger partial charge in [0, 0.05) is 32.6 Å². The minimum absolute atomic E-state index is 0.302. The molecule has 0 amide bonds. The average Bonchev–Trinajstić information content (AvgIpc) is 2.71. The van der Waals surface area contributed by atoms with Crippen LogP contribution in [0.4, 0.5) is 11.6 Å². The molecule has 5 heteroatoms. The summed E-state index contributed by atoms with van der Waals surface area (Å²) >= 11 is 0. The lowest BCUT2D eigenvalue weighted by Gasteiger charge is -2.22. The van der Waals surface area contributed by atoms with E-state index in [4.69, 9.17) is 10.5 Å². The maximum absolute atomic E-state index is 5.74. The van der Waals surface area contributed by atoms with Gasteiger partial charge in [0.05, 0.1) is 6.10 Å². The van der Waals surface area contributed by atoms with E-state index < -0.39 is 0 Å². The molecule has 1 aromatic heterocycles. The normalized spacial score (nSPS) is 20.5. The van der Waals surface area contributed by atoms with E-state index in [1.54, 1.807) is 12.4 Å². The van der Waals surface area contributed by atoms with Crippen LogP contribution < -0.4 is 10.6 Å². The molecule has 5 nitrogen and oxygen atoms in total. The first-order chi connectivity index (χ1) is 7.27. The first-order valence-electron chi connectivity index (χ1n) is 5.16. The smallest absolute Gasteiger partial charge is 0.171 e. The third-order valence-corrected chi connectivity index (χ3v) is 2.57. The van der Waals surface area contributed by atoms with Crippen LogP contribution in [-0.4, -0.2) is 36.3 Å². The maximum atomic E-state index is 5.74. The Bertz CT molecular complexity index is 325. The van der Waals surface area contributed by atoms with E-state index in [2.05, 4.69) is 9.97 Å². The van der Waals surface area contributed by atoms with Gasteiger partial charge in [-0.3, -0.25) is 0 Å². The summed E-state index contributed by atoms with van der Waals surface area (Å²) in [6.07, 6.45) is 5.81. The number of likely N-dealkylation sites (N-methyl/N-ethyl adjacent to an activating group) is 1. The van der Waals surface area contributed by atoms with Crippen LogP contribution in [0.1, 0.15) is 12.8 Å². The highest BCUT2D eigenvalue weighted by atomic mass is 16.5. The van der Waals surface area contributed by atoms with Crippen molar-refractivity contribution in [3.8, 4) is 0 Å². The quantitative estimate of drug-likeness (QED) is 0.791. The molecule has 1 saturated heterocycles. The molecule has 0 bridgehead atoms. The Labute approximate surface area is 89.3 Å². The summed E-state index contributed by atoms with van der Waals surface area (Å²) in [7, 11) is 1.96. The van der Waals surface area contributed by atoms with Crippen LogP contribution in [0.25, 0.3) is 0 Å². The van der Waals surface area contributed by atoms with Gasteiger partial charge in [0.2, 0.25) is 0 Å². The van der Waals surface area contributed by atoms with Gasteiger partial charge in [-0.1, -0.05) is 0 Å². The Balaban J connectivity index is 2.00. The fourth-order valence-electron chi connectivity index (χ4n) is 1.82. The van der Waals surface area contributed by atoms with E-state index in [1.807, 2.05) is 11.9 Å². The average molecular weight is 208 g/mol. The zero-order valence-electron chi connectivity index (χ0n) is 8.89. The lowest BCUT2D eigenvalue weighted by Crippen LogP contribution is -2.29. The molecule has 0 spiro atoms. The number of rotatable bonds is 3. The van der Waals surface area contributed by atoms with Gasteiger partial charge in [0.25, 0.3) is 0 Å². The zero-order chi connectivity index (χ0) is 10.7. The Hall–Kier alpha value is -1.36. The highest BCUT2D eigenvalue weighted by Gasteiger charge is 2.19. The van der Waals surface area contributed by atoms with E-state index in [0.29, 0.717) is 11.9 Å². The number of ether oxygens (including phenoxy) is 1. The molecule has 15 heavy (non-hydrogen) atoms. The molecule has 82 valence electrons. The Morgan fingerprint density at radius 3 is 3.00 bits per heavy atom. The van der Waals surface area contributed by atoms with Gasteiger partial charge in [-0.2, -0.15) is 0 Å². The standard InChI is InChI=1S/C10H16N4O/c1-14(7-8-3-2-6-15-8)10-9(11)12-4-5-13-10/h4-5,8H,2-3,6-7H2,1H3,(H2,11,12). The maximum Gasteiger partial charge on any atom is 0.171 e. The number of hydrogen-bond acceptors (Lipinski definition) is 5. The largest absolute Gasteiger partial charge is 0.381 e. The van der Waals surface area contributed by atoms with Crippen molar-refractivity contribution in [2.24, 2.45) is 0 Å². The summed E-state index contributed by atoms with van der Waals surface area (Å²) in [6, 6.07) is 0. The molecule has 1 fully saturated rings. The van der Waals surface area contributed by atoms with Gasteiger partial charge in [-0.15, -0.1) is 0 Å². The van der Waals surface area contributed by atoms with Crippen molar-refractivity contribution in [2.75, 3.05) is 30.8 Å². The molecule has 1 aromatic rings. The Morgan fingerprint density at radius 1 is 1.53 bits per heavy atom. The van der Waals surface area contributed by atoms with Crippen molar-refractivity contribution in [3.63, 3.8) is 0 Å². The Morgan fingerprint density at radius 2 is 2.33 bits per heavy atom. The second kappa shape index (κ2) is 4.44. The van der Waals surface area contributed by atoms with E-state index in [0.717, 1.165) is 31.8 Å². The van der Waals surface area contributed by atoms with Gasteiger partial charge < -0.3 is 15.4 Å². The van der Waals surface area contributed by atoms with Crippen LogP contribution >= 0.6 is 0 Å². The predicted molar refractivity (Wildman–Crippen MR) is 58.7 cm³/mol. The SMILES string of the molecule is CN(CC1CCCO1)c1nccnc1N. The third kappa shape index (κ3) is 2.36. The van der Waals surface area contributed by atoms with Crippen molar-refractivity contribution >= 4 is 11.6 Å². The monoisotopic (exact) mass is 208 g/mol. The number of nitrogen functional groups attached to an aromatic ring is 1. The molecule has 0 aromatic carbocycles. The summed E-state index contributed by atoms with van der Waals surface area (Å²) < 4.78 is 5.55. The van der Waals surface area contributed by atoms with Crippen LogP contribution in [0.5, 0.6) is 0 Å². The first kappa shape index (κ1) is 10.2. The summed E-state index contributed by atoms with van der Waals surface area (Å²) in [4.78, 5) is 10.2. The number of nitrogens with zero attached hydrogens (tertiary/aromatic N) is 3. The molecule has 0 aliphatic carbocycles. The molecule has 0 radical (unpaired) electrons. The van der Waals surface area contributed by atoms with E-state index in [9.17, 15) is 0 Å². The van der Waals surface area contributed by atoms with Crippen molar-refractivity contribution in [1.29, 1.82) is 0 Å². The highest BCUT2D eigenvalue weighted by molar-refractivity contribution is 5.56. The van der Waals surface area contributed by atoms with E-state index in [-0.39, 0.29) is 0 Å². The van der Waals surface area contributed by atoms with Crippen molar-refractivity contribution in [2.45, 2.75) is 18.9 Å². The minimum Gasteiger partial charge on any atom is -0.381 e. The zero-order valence-corrected chi connectivity index (χ0v) is 8.89. The summed E-state index contributed by atoms with van der Waals surface area (Å²) in [5, 5.41) is 0. The van der Waals surface area contributed by atoms with Crippen molar-refractivity contribution in [3.05, 3.63) is 12.4 Å². The first-order valence-corrected chi connectivity index (χ1v) is 5.16. The molecule has 0 saturated carbocycles. The lowest BCUT2D eigenvalue weighted by molar-refractivity contribution is 0.116. The summed E-state index contributed by atoms with van der Waals surface area (Å²) in [5.41, 5.74) is 5.74. The molecule has 2 N–H and O–H groups in total. The minimum atomic E-state index is 0.302. The molecular weight excluding hydrogens is 192 g/mol. The number of nitrogens with two attached hydrogens (primary N) is 1. The van der Waals surface area contributed by atoms with Crippen molar-refractivity contribution in [1.82, 2.24) is 9.97 Å². The number of hydrogen-bond donors (Lipinski definition) is 1. The van der Waals surface area contributed by atoms with Gasteiger partial charge in [0.1, 0.15) is 0 Å². The van der Waals surface area contributed by atoms with Crippen LogP contribution in [0, 0.1) is 0 Å². The predicted octanol–water partition coefficient (Wildman–Crippen LogP) is 0.674. The third-order valence-electron chi connectivity index (χ3n) is 2.57. The molecule has 2 rings (SSSR count). The summed E-state index contributed by atoms with van der Waals surface area (Å²) in [5.74, 6) is 1.20. The molecule has 1 unspecified atom stereocenters. The highest BCUT2D eigenvalue weighted by Crippen LogP contribution is 2.18. The van der Waals surface area contributed by atoms with E-state index >= 15 is 0 Å². The fourth-order valence-corrected chi connectivity index (χ4v) is 1.82. The van der Waals surface area contributed by atoms with Gasteiger partial charge in [0.15, 0.2) is 11.6 Å². The molecular formula is C10H16N4O. The fraction of sp³-hybridized carbons (Fsp3) is 0.600. The van der Waals surface area contributed by atoms with Crippen LogP contribution in [0.2, 0.25) is 0 Å². The van der Waals surface area contributed by atoms with Crippen LogP contribution in [0.15, 0.2) is 12.4 Å².